The molecule has 3 aliphatic heterocycles. The lowest BCUT2D eigenvalue weighted by atomic mass is 9.99. The van der Waals surface area contributed by atoms with E-state index in [1.54, 1.807) is 22.8 Å². The molecule has 4 rings (SSSR count). The van der Waals surface area contributed by atoms with E-state index in [1.807, 2.05) is 0 Å². The molecule has 0 aliphatic carbocycles. The van der Waals surface area contributed by atoms with Gasteiger partial charge in [-0.15, -0.1) is 0 Å². The van der Waals surface area contributed by atoms with Crippen LogP contribution in [0.2, 0.25) is 0 Å². The van der Waals surface area contributed by atoms with E-state index in [2.05, 4.69) is 22.8 Å². The molecule has 1 aromatic carbocycles. The van der Waals surface area contributed by atoms with Gasteiger partial charge in [0.25, 0.3) is 0 Å². The summed E-state index contributed by atoms with van der Waals surface area (Å²) in [5.74, 6) is -1.48. The van der Waals surface area contributed by atoms with Gasteiger partial charge in [-0.1, -0.05) is 12.1 Å². The van der Waals surface area contributed by atoms with Crippen LogP contribution in [0.5, 0.6) is 5.75 Å². The highest BCUT2D eigenvalue weighted by molar-refractivity contribution is 5.78. The lowest BCUT2D eigenvalue weighted by Gasteiger charge is -2.32. The second-order valence-corrected chi connectivity index (χ2v) is 8.87. The highest BCUT2D eigenvalue weighted by Crippen LogP contribution is 2.31. The number of rotatable bonds is 10. The Hall–Kier alpha value is -3.07. The quantitative estimate of drug-likeness (QED) is 0.483. The zero-order valence-electron chi connectivity index (χ0n) is 19.6. The summed E-state index contributed by atoms with van der Waals surface area (Å²) in [7, 11) is 0. The standard InChI is InChI=1S/C25H33FN4O4/c1-2-34-22-10-8-18(15-20(22)26)21(16-23(31)32)30-14-13-29(25(30)33)12-4-6-19-9-7-17-5-3-11-27-24(17)28-19/h7-10,15,21,24,27-28H,2-6,11-14,16H2,1H3,(H,31,32)/t21-,24?/m1/s1. The van der Waals surface area contributed by atoms with E-state index in [1.165, 1.54) is 17.7 Å². The minimum Gasteiger partial charge on any atom is -0.491 e. The largest absolute Gasteiger partial charge is 0.491 e. The fourth-order valence-corrected chi connectivity index (χ4v) is 4.86. The molecular formula is C25H33FN4O4. The summed E-state index contributed by atoms with van der Waals surface area (Å²) < 4.78 is 19.7. The van der Waals surface area contributed by atoms with Crippen LogP contribution in [0.1, 0.15) is 50.6 Å². The molecule has 0 radical (unpaired) electrons. The smallest absolute Gasteiger partial charge is 0.320 e. The second kappa shape index (κ2) is 10.9. The van der Waals surface area contributed by atoms with E-state index in [4.69, 9.17) is 4.74 Å². The number of nitrogens with zero attached hydrogens (tertiary/aromatic N) is 2. The number of piperidine rings is 1. The number of halogens is 1. The SMILES string of the molecule is CCOc1ccc([C@@H](CC(=O)O)N2CCN(CCCC3=CC=C4CCCNC4N3)C2=O)cc1F. The number of hydrogen-bond donors (Lipinski definition) is 3. The molecule has 0 spiro atoms. The molecule has 0 saturated carbocycles. The average Bonchev–Trinajstić information content (AvgIpc) is 3.18. The Kier molecular flexibility index (Phi) is 7.72. The van der Waals surface area contributed by atoms with Crippen LogP contribution in [-0.2, 0) is 4.79 Å². The highest BCUT2D eigenvalue weighted by Gasteiger charge is 2.35. The predicted octanol–water partition coefficient (Wildman–Crippen LogP) is 3.38. The van der Waals surface area contributed by atoms with E-state index >= 15 is 0 Å². The van der Waals surface area contributed by atoms with E-state index in [0.717, 1.165) is 37.9 Å². The van der Waals surface area contributed by atoms with Crippen LogP contribution in [0.3, 0.4) is 0 Å². The van der Waals surface area contributed by atoms with Crippen LogP contribution >= 0.6 is 0 Å². The van der Waals surface area contributed by atoms with Crippen molar-refractivity contribution in [3.8, 4) is 5.75 Å². The lowest BCUT2D eigenvalue weighted by molar-refractivity contribution is -0.138. The number of urea groups is 1. The minimum atomic E-state index is -1.04. The number of aliphatic carboxylic acids is 1. The average molecular weight is 473 g/mol. The van der Waals surface area contributed by atoms with Crippen LogP contribution in [0.25, 0.3) is 0 Å². The Bertz CT molecular complexity index is 980. The summed E-state index contributed by atoms with van der Waals surface area (Å²) in [5, 5.41) is 16.5. The third kappa shape index (κ3) is 5.52. The lowest BCUT2D eigenvalue weighted by Crippen LogP contribution is -2.47. The molecule has 2 saturated heterocycles. The van der Waals surface area contributed by atoms with Crippen LogP contribution in [0, 0.1) is 5.82 Å². The number of allylic oxidation sites excluding steroid dienone is 3. The van der Waals surface area contributed by atoms with Crippen LogP contribution in [0.15, 0.2) is 41.6 Å². The number of carbonyl (C=O) groups excluding carboxylic acids is 1. The second-order valence-electron chi connectivity index (χ2n) is 8.87. The molecule has 1 unspecified atom stereocenters. The van der Waals surface area contributed by atoms with Crippen molar-refractivity contribution < 1.29 is 23.8 Å². The van der Waals surface area contributed by atoms with E-state index < -0.39 is 17.8 Å². The maximum Gasteiger partial charge on any atom is 0.320 e. The molecule has 0 bridgehead atoms. The zero-order valence-corrected chi connectivity index (χ0v) is 19.6. The summed E-state index contributed by atoms with van der Waals surface area (Å²) >= 11 is 0. The first kappa shape index (κ1) is 24.1. The monoisotopic (exact) mass is 472 g/mol. The van der Waals surface area contributed by atoms with Gasteiger partial charge in [0, 0.05) is 25.3 Å². The number of hydrogen-bond acceptors (Lipinski definition) is 5. The fourth-order valence-electron chi connectivity index (χ4n) is 4.86. The number of carbonyl (C=O) groups is 2. The van der Waals surface area contributed by atoms with Crippen molar-refractivity contribution >= 4 is 12.0 Å². The van der Waals surface area contributed by atoms with Crippen molar-refractivity contribution in [3.05, 3.63) is 53.0 Å². The normalized spacial score (nSPS) is 20.9. The van der Waals surface area contributed by atoms with Crippen molar-refractivity contribution in [2.75, 3.05) is 32.8 Å². The summed E-state index contributed by atoms with van der Waals surface area (Å²) in [6.45, 7) is 4.62. The molecule has 2 fully saturated rings. The summed E-state index contributed by atoms with van der Waals surface area (Å²) in [6, 6.07) is 3.47. The third-order valence-electron chi connectivity index (χ3n) is 6.58. The molecule has 34 heavy (non-hydrogen) atoms. The molecule has 9 heteroatoms. The molecule has 3 N–H and O–H groups in total. The maximum atomic E-state index is 14.4. The maximum absolute atomic E-state index is 14.4. The Morgan fingerprint density at radius 2 is 2.18 bits per heavy atom. The number of benzene rings is 1. The number of dihydropyridines is 1. The van der Waals surface area contributed by atoms with Gasteiger partial charge in [-0.25, -0.2) is 9.18 Å². The van der Waals surface area contributed by atoms with Crippen molar-refractivity contribution in [1.29, 1.82) is 0 Å². The van der Waals surface area contributed by atoms with Gasteiger partial charge in [-0.05, 0) is 68.5 Å². The van der Waals surface area contributed by atoms with Gasteiger partial charge in [0.05, 0.1) is 25.2 Å². The zero-order chi connectivity index (χ0) is 24.1. The van der Waals surface area contributed by atoms with Gasteiger partial charge in [0.1, 0.15) is 0 Å². The number of ether oxygens (including phenoxy) is 1. The Labute approximate surface area is 199 Å². The molecule has 2 amide bonds. The van der Waals surface area contributed by atoms with Gasteiger partial charge >= 0.3 is 12.0 Å². The number of fused-ring (bicyclic) bond motifs is 1. The van der Waals surface area contributed by atoms with Crippen molar-refractivity contribution in [1.82, 2.24) is 20.4 Å². The predicted molar refractivity (Wildman–Crippen MR) is 126 cm³/mol. The number of carboxylic acids is 1. The highest BCUT2D eigenvalue weighted by atomic mass is 19.1. The van der Waals surface area contributed by atoms with Gasteiger partial charge in [-0.3, -0.25) is 10.1 Å². The summed E-state index contributed by atoms with van der Waals surface area (Å²) in [6.07, 6.45) is 8.15. The molecule has 8 nitrogen and oxygen atoms in total. The first-order valence-corrected chi connectivity index (χ1v) is 12.1. The molecule has 3 heterocycles. The first-order valence-electron chi connectivity index (χ1n) is 12.1. The summed E-state index contributed by atoms with van der Waals surface area (Å²) in [5.41, 5.74) is 2.99. The molecule has 3 aliphatic rings. The fraction of sp³-hybridized carbons (Fsp3) is 0.520. The third-order valence-corrected chi connectivity index (χ3v) is 6.58. The summed E-state index contributed by atoms with van der Waals surface area (Å²) in [4.78, 5) is 28.0. The number of nitrogens with one attached hydrogen (secondary N) is 2. The van der Waals surface area contributed by atoms with Crippen molar-refractivity contribution in [2.24, 2.45) is 0 Å². The van der Waals surface area contributed by atoms with Crippen LogP contribution < -0.4 is 15.4 Å². The van der Waals surface area contributed by atoms with Gasteiger partial charge in [-0.2, -0.15) is 0 Å². The molecule has 1 aromatic rings. The van der Waals surface area contributed by atoms with Crippen molar-refractivity contribution in [2.45, 2.75) is 51.2 Å². The molecule has 184 valence electrons. The van der Waals surface area contributed by atoms with Gasteiger partial charge < -0.3 is 25.0 Å². The Morgan fingerprint density at radius 1 is 1.32 bits per heavy atom. The molecule has 2 atom stereocenters. The number of amides is 2. The van der Waals surface area contributed by atoms with E-state index in [9.17, 15) is 19.1 Å². The topological polar surface area (TPSA) is 94.1 Å². The minimum absolute atomic E-state index is 0.116. The Morgan fingerprint density at radius 3 is 2.94 bits per heavy atom. The van der Waals surface area contributed by atoms with Gasteiger partial charge in [0.15, 0.2) is 11.6 Å². The Balaban J connectivity index is 1.36. The first-order chi connectivity index (χ1) is 16.5. The van der Waals surface area contributed by atoms with E-state index in [-0.39, 0.29) is 24.4 Å². The van der Waals surface area contributed by atoms with Crippen molar-refractivity contribution in [3.63, 3.8) is 0 Å². The van der Waals surface area contributed by atoms with E-state index in [0.29, 0.717) is 31.8 Å². The van der Waals surface area contributed by atoms with Crippen LogP contribution in [-0.4, -0.2) is 65.9 Å². The molecular weight excluding hydrogens is 439 g/mol. The number of carboxylic acid groups (broad SMARTS) is 1. The van der Waals surface area contributed by atoms with Gasteiger partial charge in [0.2, 0.25) is 0 Å². The molecule has 0 aromatic heterocycles. The van der Waals surface area contributed by atoms with Crippen LogP contribution in [0.4, 0.5) is 9.18 Å².